The third kappa shape index (κ3) is 4.53. The lowest BCUT2D eigenvalue weighted by Crippen LogP contribution is -2.50. The van der Waals surface area contributed by atoms with Gasteiger partial charge in [0.25, 0.3) is 11.8 Å². The van der Waals surface area contributed by atoms with E-state index in [2.05, 4.69) is 10.6 Å². The molecule has 0 heterocycles. The van der Waals surface area contributed by atoms with Crippen LogP contribution in [0, 0.1) is 11.7 Å². The third-order valence-corrected chi connectivity index (χ3v) is 7.10. The monoisotopic (exact) mass is 524 g/mol. The first-order valence-electron chi connectivity index (χ1n) is 9.51. The van der Waals surface area contributed by atoms with E-state index in [1.54, 1.807) is 0 Å². The van der Waals surface area contributed by atoms with E-state index in [0.29, 0.717) is 5.56 Å². The molecule has 2 aromatic rings. The number of alkyl halides is 4. The number of benzene rings is 2. The van der Waals surface area contributed by atoms with Crippen molar-refractivity contribution < 1.29 is 22.8 Å². The van der Waals surface area contributed by atoms with Gasteiger partial charge in [-0.1, -0.05) is 29.3 Å². The lowest BCUT2D eigenvalue weighted by atomic mass is 9.88. The first kappa shape index (κ1) is 23.5. The molecule has 2 aliphatic rings. The average Bonchev–Trinajstić information content (AvgIpc) is 3.26. The minimum absolute atomic E-state index is 0.0281. The maximum atomic E-state index is 13.4. The summed E-state index contributed by atoms with van der Waals surface area (Å²) in [5.41, 5.74) is 0.783. The Labute approximate surface area is 201 Å². The molecule has 4 rings (SSSR count). The smallest absolute Gasteiger partial charge is 0.253 e. The summed E-state index contributed by atoms with van der Waals surface area (Å²) in [6, 6.07) is 7.55. The molecule has 11 heteroatoms. The van der Waals surface area contributed by atoms with Gasteiger partial charge >= 0.3 is 0 Å². The lowest BCUT2D eigenvalue weighted by Gasteiger charge is -2.35. The second-order valence-electron chi connectivity index (χ2n) is 7.92. The summed E-state index contributed by atoms with van der Waals surface area (Å²) >= 11 is 24.5. The van der Waals surface area contributed by atoms with Crippen LogP contribution >= 0.6 is 46.4 Å². The van der Waals surface area contributed by atoms with E-state index in [1.165, 1.54) is 30.3 Å². The van der Waals surface area contributed by atoms with Gasteiger partial charge in [-0.3, -0.25) is 9.59 Å². The first-order valence-corrected chi connectivity index (χ1v) is 11.0. The number of hydrogen-bond donors (Lipinski definition) is 2. The van der Waals surface area contributed by atoms with Gasteiger partial charge in [0.1, 0.15) is 10.2 Å². The molecule has 0 spiro atoms. The van der Waals surface area contributed by atoms with Gasteiger partial charge in [-0.25, -0.2) is 13.2 Å². The Bertz CT molecular complexity index is 1100. The van der Waals surface area contributed by atoms with Gasteiger partial charge < -0.3 is 10.6 Å². The number of hydrogen-bond acceptors (Lipinski definition) is 2. The van der Waals surface area contributed by atoms with Gasteiger partial charge in [0.15, 0.2) is 0 Å². The van der Waals surface area contributed by atoms with E-state index < -0.39 is 58.6 Å². The second kappa shape index (κ2) is 8.28. The van der Waals surface area contributed by atoms with Crippen LogP contribution < -0.4 is 10.6 Å². The zero-order valence-electron chi connectivity index (χ0n) is 16.1. The van der Waals surface area contributed by atoms with Crippen LogP contribution in [-0.2, 0) is 4.79 Å². The van der Waals surface area contributed by atoms with E-state index in [9.17, 15) is 22.8 Å². The summed E-state index contributed by atoms with van der Waals surface area (Å²) < 4.78 is 38.0. The fourth-order valence-electron chi connectivity index (χ4n) is 3.80. The van der Waals surface area contributed by atoms with Crippen LogP contribution in [0.25, 0.3) is 0 Å². The van der Waals surface area contributed by atoms with E-state index >= 15 is 0 Å². The number of amides is 2. The number of rotatable bonds is 5. The molecule has 0 bridgehead atoms. The lowest BCUT2D eigenvalue weighted by molar-refractivity contribution is -0.117. The van der Waals surface area contributed by atoms with E-state index in [0.717, 1.165) is 6.07 Å². The van der Waals surface area contributed by atoms with Crippen LogP contribution in [0.1, 0.15) is 34.7 Å². The average molecular weight is 526 g/mol. The number of carbonyl (C=O) groups excluding carboxylic acids is 2. The minimum atomic E-state index is -2.78. The predicted octanol–water partition coefficient (Wildman–Crippen LogP) is 6.19. The number of anilines is 1. The Morgan fingerprint density at radius 1 is 1.00 bits per heavy atom. The zero-order valence-corrected chi connectivity index (χ0v) is 19.1. The van der Waals surface area contributed by atoms with Crippen LogP contribution in [-0.4, -0.2) is 28.1 Å². The molecule has 0 saturated heterocycles. The largest absolute Gasteiger partial charge is 0.349 e. The Morgan fingerprint density at radius 2 is 1.69 bits per heavy atom. The van der Waals surface area contributed by atoms with Gasteiger partial charge in [0, 0.05) is 30.5 Å². The molecule has 170 valence electrons. The topological polar surface area (TPSA) is 58.2 Å². The van der Waals surface area contributed by atoms with Crippen molar-refractivity contribution in [1.29, 1.82) is 0 Å². The van der Waals surface area contributed by atoms with Crippen LogP contribution in [0.5, 0.6) is 0 Å². The Morgan fingerprint density at radius 3 is 2.31 bits per heavy atom. The molecule has 0 aliphatic heterocycles. The maximum Gasteiger partial charge on any atom is 0.253 e. The molecule has 2 N–H and O–H groups in total. The fourth-order valence-corrected chi connectivity index (χ4v) is 5.02. The van der Waals surface area contributed by atoms with E-state index in [-0.39, 0.29) is 21.3 Å². The van der Waals surface area contributed by atoms with Crippen molar-refractivity contribution in [3.8, 4) is 0 Å². The SMILES string of the molecule is O=C(NC1CC(F)(F)C1)c1cc(NC(=O)C2C(c3ccc(F)c(Cl)c3)C2(Cl)Cl)ccc1Cl. The van der Waals surface area contributed by atoms with Crippen molar-refractivity contribution in [2.75, 3.05) is 5.32 Å². The van der Waals surface area contributed by atoms with Crippen LogP contribution in [0.3, 0.4) is 0 Å². The number of halogens is 7. The highest BCUT2D eigenvalue weighted by Crippen LogP contribution is 2.65. The predicted molar refractivity (Wildman–Crippen MR) is 118 cm³/mol. The molecule has 4 nitrogen and oxygen atoms in total. The standard InChI is InChI=1S/C21H15Cl4F3N2O2/c22-13-3-2-10(6-12(13)18(31)30-11-7-20(27,28)8-11)29-19(32)17-16(21(17,24)25)9-1-4-15(26)14(23)5-9/h1-6,11,16-17H,7-8H2,(H,29,32)(H,30,31). The van der Waals surface area contributed by atoms with E-state index in [1.807, 2.05) is 0 Å². The van der Waals surface area contributed by atoms with Crippen LogP contribution in [0.4, 0.5) is 18.9 Å². The van der Waals surface area contributed by atoms with Crippen molar-refractivity contribution in [2.24, 2.45) is 5.92 Å². The van der Waals surface area contributed by atoms with Crippen molar-refractivity contribution in [3.05, 3.63) is 63.4 Å². The highest BCUT2D eigenvalue weighted by atomic mass is 35.5. The van der Waals surface area contributed by atoms with Gasteiger partial charge in [-0.2, -0.15) is 0 Å². The molecular weight excluding hydrogens is 511 g/mol. The molecule has 0 radical (unpaired) electrons. The molecule has 0 aromatic heterocycles. The minimum Gasteiger partial charge on any atom is -0.349 e. The summed E-state index contributed by atoms with van der Waals surface area (Å²) in [4.78, 5) is 25.2. The Balaban J connectivity index is 1.46. The maximum absolute atomic E-state index is 13.4. The third-order valence-electron chi connectivity index (χ3n) is 5.54. The molecule has 32 heavy (non-hydrogen) atoms. The van der Waals surface area contributed by atoms with Crippen LogP contribution in [0.2, 0.25) is 10.0 Å². The van der Waals surface area contributed by atoms with Crippen molar-refractivity contribution in [3.63, 3.8) is 0 Å². The van der Waals surface area contributed by atoms with Gasteiger partial charge in [-0.15, -0.1) is 23.2 Å². The molecule has 2 fully saturated rings. The first-order chi connectivity index (χ1) is 14.9. The second-order valence-corrected chi connectivity index (χ2v) is 10.2. The van der Waals surface area contributed by atoms with E-state index in [4.69, 9.17) is 46.4 Å². The normalized spacial score (nSPS) is 23.2. The van der Waals surface area contributed by atoms with Crippen LogP contribution in [0.15, 0.2) is 36.4 Å². The highest BCUT2D eigenvalue weighted by Gasteiger charge is 2.67. The van der Waals surface area contributed by atoms with Crippen molar-refractivity contribution in [1.82, 2.24) is 5.32 Å². The Hall–Kier alpha value is -1.67. The molecule has 2 aromatic carbocycles. The summed E-state index contributed by atoms with van der Waals surface area (Å²) in [7, 11) is 0. The van der Waals surface area contributed by atoms with Gasteiger partial charge in [0.05, 0.1) is 21.5 Å². The van der Waals surface area contributed by atoms with Gasteiger partial charge in [0.2, 0.25) is 5.91 Å². The quantitative estimate of drug-likeness (QED) is 0.457. The summed E-state index contributed by atoms with van der Waals surface area (Å²) in [6.07, 6.45) is -0.867. The summed E-state index contributed by atoms with van der Waals surface area (Å²) in [5.74, 6) is -5.99. The highest BCUT2D eigenvalue weighted by molar-refractivity contribution is 6.53. The molecule has 2 aliphatic carbocycles. The molecular formula is C21H15Cl4F3N2O2. The van der Waals surface area contributed by atoms with Gasteiger partial charge in [-0.05, 0) is 35.9 Å². The van der Waals surface area contributed by atoms with Crippen molar-refractivity contribution in [2.45, 2.75) is 35.1 Å². The molecule has 2 atom stereocenters. The zero-order chi connectivity index (χ0) is 23.4. The Kier molecular flexibility index (Phi) is 6.07. The number of carbonyl (C=O) groups is 2. The summed E-state index contributed by atoms with van der Waals surface area (Å²) in [6.45, 7) is 0. The molecule has 2 amide bonds. The summed E-state index contributed by atoms with van der Waals surface area (Å²) in [5, 5.41) is 5.11. The van der Waals surface area contributed by atoms with Crippen molar-refractivity contribution >= 4 is 63.9 Å². The molecule has 2 unspecified atom stereocenters. The molecule has 2 saturated carbocycles. The fraction of sp³-hybridized carbons (Fsp3) is 0.333. The number of nitrogens with one attached hydrogen (secondary N) is 2.